The number of rotatable bonds is 2. The molecule has 1 aromatic heterocycles. The molecular weight excluding hydrogens is 382 g/mol. The highest BCUT2D eigenvalue weighted by Crippen LogP contribution is 2.58. The molecule has 0 spiro atoms. The molecule has 2 aromatic carbocycles. The van der Waals surface area contributed by atoms with Crippen LogP contribution >= 0.6 is 0 Å². The average molecular weight is 405 g/mol. The van der Waals surface area contributed by atoms with E-state index in [2.05, 4.69) is 6.92 Å². The van der Waals surface area contributed by atoms with Crippen LogP contribution in [0.1, 0.15) is 37.6 Å². The number of aromatic nitrogens is 2. The summed E-state index contributed by atoms with van der Waals surface area (Å²) >= 11 is 0. The molecule has 0 fully saturated rings. The Balaban J connectivity index is 1.82. The quantitative estimate of drug-likeness (QED) is 0.461. The lowest BCUT2D eigenvalue weighted by Crippen LogP contribution is -2.57. The van der Waals surface area contributed by atoms with E-state index in [4.69, 9.17) is 14.6 Å². The monoisotopic (exact) mass is 405 g/mol. The van der Waals surface area contributed by atoms with Crippen LogP contribution in [0.3, 0.4) is 0 Å². The van der Waals surface area contributed by atoms with Gasteiger partial charge < -0.3 is 9.47 Å². The van der Waals surface area contributed by atoms with Crippen LogP contribution in [0, 0.1) is 23.0 Å². The van der Waals surface area contributed by atoms with Crippen LogP contribution in [0.25, 0.3) is 5.69 Å². The van der Waals surface area contributed by atoms with Gasteiger partial charge in [0.05, 0.1) is 22.9 Å². The third-order valence-corrected chi connectivity index (χ3v) is 6.57. The number of benzene rings is 2. The summed E-state index contributed by atoms with van der Waals surface area (Å²) in [4.78, 5) is 11.1. The number of hydrogen-bond acceptors (Lipinski definition) is 5. The van der Waals surface area contributed by atoms with Crippen molar-refractivity contribution >= 4 is 5.69 Å². The van der Waals surface area contributed by atoms with Crippen LogP contribution < -0.4 is 9.47 Å². The number of hydrogen-bond donors (Lipinski definition) is 0. The molecule has 0 aliphatic carbocycles. The first kappa shape index (κ1) is 18.7. The van der Waals surface area contributed by atoms with Crippen molar-refractivity contribution in [1.29, 1.82) is 0 Å². The Morgan fingerprint density at radius 2 is 1.90 bits per heavy atom. The summed E-state index contributed by atoms with van der Waals surface area (Å²) in [6.07, 6.45) is 0. The van der Waals surface area contributed by atoms with Gasteiger partial charge in [-0.2, -0.15) is 5.10 Å². The van der Waals surface area contributed by atoms with E-state index >= 15 is 0 Å². The number of ether oxygens (including phenoxy) is 2. The van der Waals surface area contributed by atoms with Gasteiger partial charge in [0.25, 0.3) is 5.69 Å². The van der Waals surface area contributed by atoms with Crippen molar-refractivity contribution in [2.75, 3.05) is 6.61 Å². The van der Waals surface area contributed by atoms with E-state index in [0.717, 1.165) is 22.5 Å². The number of nitrogens with zero attached hydrogens (tertiary/aromatic N) is 3. The van der Waals surface area contributed by atoms with E-state index in [1.165, 1.54) is 6.07 Å². The fourth-order valence-corrected chi connectivity index (χ4v) is 5.16. The van der Waals surface area contributed by atoms with Crippen molar-refractivity contribution in [2.24, 2.45) is 5.92 Å². The highest BCUT2D eigenvalue weighted by Gasteiger charge is 2.58. The molecule has 3 aromatic rings. The zero-order valence-electron chi connectivity index (χ0n) is 17.4. The van der Waals surface area contributed by atoms with E-state index < -0.39 is 11.0 Å². The van der Waals surface area contributed by atoms with Crippen molar-refractivity contribution in [3.05, 3.63) is 75.5 Å². The van der Waals surface area contributed by atoms with Crippen molar-refractivity contribution in [1.82, 2.24) is 9.78 Å². The number of nitro groups is 1. The van der Waals surface area contributed by atoms with Crippen LogP contribution in [0.4, 0.5) is 5.69 Å². The number of non-ortho nitro benzene ring substituents is 1. The maximum absolute atomic E-state index is 11.5. The molecule has 0 saturated heterocycles. The minimum absolute atomic E-state index is 0.0425. The fourth-order valence-electron chi connectivity index (χ4n) is 5.16. The smallest absolute Gasteiger partial charge is 0.270 e. The summed E-state index contributed by atoms with van der Waals surface area (Å²) in [5.74, 6) is 1.32. The molecule has 2 atom stereocenters. The molecule has 5 rings (SSSR count). The second-order valence-electron chi connectivity index (χ2n) is 8.72. The molecule has 0 unspecified atom stereocenters. The number of nitro benzene ring substituents is 1. The summed E-state index contributed by atoms with van der Waals surface area (Å²) in [5.41, 5.74) is 2.46. The summed E-state index contributed by atoms with van der Waals surface area (Å²) in [6, 6.07) is 14.7. The standard InChI is InChI=1S/C23H23N3O4/c1-14-20-21(25(24-14)15-8-6-5-7-9-15)30-22(2,3)19-13-29-18-11-10-16(26(27)28)12-17(18)23(19,20)4/h5-12,19H,13H2,1-4H3/t19-,23-/m1/s1. The highest BCUT2D eigenvalue weighted by molar-refractivity contribution is 5.59. The van der Waals surface area contributed by atoms with Crippen LogP contribution in [0.15, 0.2) is 48.5 Å². The molecule has 3 heterocycles. The Labute approximate surface area is 174 Å². The second kappa shape index (κ2) is 6.08. The lowest BCUT2D eigenvalue weighted by atomic mass is 9.59. The molecular formula is C23H23N3O4. The predicted octanol–water partition coefficient (Wildman–Crippen LogP) is 4.57. The third-order valence-electron chi connectivity index (χ3n) is 6.57. The van der Waals surface area contributed by atoms with Crippen LogP contribution in [0.2, 0.25) is 0 Å². The van der Waals surface area contributed by atoms with Gasteiger partial charge >= 0.3 is 0 Å². The first-order valence-corrected chi connectivity index (χ1v) is 9.99. The molecule has 0 bridgehead atoms. The van der Waals surface area contributed by atoms with Gasteiger partial charge in [-0.1, -0.05) is 25.1 Å². The molecule has 30 heavy (non-hydrogen) atoms. The zero-order valence-corrected chi connectivity index (χ0v) is 17.4. The molecule has 2 aliphatic rings. The SMILES string of the molecule is Cc1nn(-c2ccccc2)c2c1[C@]1(C)c3cc([N+](=O)[O-])ccc3OC[C@@H]1C(C)(C)O2. The summed E-state index contributed by atoms with van der Waals surface area (Å²) in [6.45, 7) is 8.65. The largest absolute Gasteiger partial charge is 0.493 e. The second-order valence-corrected chi connectivity index (χ2v) is 8.72. The summed E-state index contributed by atoms with van der Waals surface area (Å²) < 4.78 is 14.4. The molecule has 7 heteroatoms. The number of aryl methyl sites for hydroxylation is 1. The van der Waals surface area contributed by atoms with E-state index in [9.17, 15) is 10.1 Å². The Kier molecular flexibility index (Phi) is 3.78. The molecule has 0 amide bonds. The lowest BCUT2D eigenvalue weighted by Gasteiger charge is -2.52. The minimum atomic E-state index is -0.566. The van der Waals surface area contributed by atoms with Crippen molar-refractivity contribution in [2.45, 2.75) is 38.7 Å². The van der Waals surface area contributed by atoms with Gasteiger partial charge in [-0.05, 0) is 39.0 Å². The van der Waals surface area contributed by atoms with Crippen molar-refractivity contribution in [3.8, 4) is 17.3 Å². The maximum Gasteiger partial charge on any atom is 0.270 e. The Hall–Kier alpha value is -3.35. The first-order chi connectivity index (χ1) is 14.2. The lowest BCUT2D eigenvalue weighted by molar-refractivity contribution is -0.385. The minimum Gasteiger partial charge on any atom is -0.493 e. The molecule has 2 aliphatic heterocycles. The van der Waals surface area contributed by atoms with Crippen LogP contribution in [-0.2, 0) is 5.41 Å². The molecule has 0 N–H and O–H groups in total. The number of para-hydroxylation sites is 1. The van der Waals surface area contributed by atoms with E-state index in [1.807, 2.05) is 55.8 Å². The van der Waals surface area contributed by atoms with E-state index in [1.54, 1.807) is 12.1 Å². The van der Waals surface area contributed by atoms with E-state index in [0.29, 0.717) is 18.2 Å². The fraction of sp³-hybridized carbons (Fsp3) is 0.348. The summed E-state index contributed by atoms with van der Waals surface area (Å²) in [7, 11) is 0. The van der Waals surface area contributed by atoms with Crippen LogP contribution in [0.5, 0.6) is 11.6 Å². The van der Waals surface area contributed by atoms with Gasteiger partial charge in [0.2, 0.25) is 5.88 Å². The summed E-state index contributed by atoms with van der Waals surface area (Å²) in [5, 5.41) is 16.3. The molecule has 7 nitrogen and oxygen atoms in total. The zero-order chi connectivity index (χ0) is 21.3. The third kappa shape index (κ3) is 2.41. The predicted molar refractivity (Wildman–Crippen MR) is 112 cm³/mol. The van der Waals surface area contributed by atoms with Crippen molar-refractivity contribution < 1.29 is 14.4 Å². The van der Waals surface area contributed by atoms with Crippen LogP contribution in [-0.4, -0.2) is 26.9 Å². The van der Waals surface area contributed by atoms with Gasteiger partial charge in [-0.3, -0.25) is 10.1 Å². The van der Waals surface area contributed by atoms with Gasteiger partial charge in [0.15, 0.2) is 0 Å². The topological polar surface area (TPSA) is 79.4 Å². The Morgan fingerprint density at radius 1 is 1.17 bits per heavy atom. The van der Waals surface area contributed by atoms with Gasteiger partial charge in [0.1, 0.15) is 11.4 Å². The first-order valence-electron chi connectivity index (χ1n) is 9.99. The Bertz CT molecular complexity index is 1170. The molecule has 154 valence electrons. The Morgan fingerprint density at radius 3 is 2.60 bits per heavy atom. The maximum atomic E-state index is 11.5. The van der Waals surface area contributed by atoms with Crippen molar-refractivity contribution in [3.63, 3.8) is 0 Å². The van der Waals surface area contributed by atoms with E-state index in [-0.39, 0.29) is 16.5 Å². The molecule has 0 radical (unpaired) electrons. The number of fused-ring (bicyclic) bond motifs is 5. The van der Waals surface area contributed by atoms with Gasteiger partial charge in [0, 0.05) is 34.6 Å². The van der Waals surface area contributed by atoms with Gasteiger partial charge in [-0.15, -0.1) is 0 Å². The highest BCUT2D eigenvalue weighted by atomic mass is 16.6. The van der Waals surface area contributed by atoms with Gasteiger partial charge in [-0.25, -0.2) is 4.68 Å². The normalized spacial score (nSPS) is 23.4. The molecule has 0 saturated carbocycles. The average Bonchev–Trinajstić information content (AvgIpc) is 3.04.